The molecule has 3 rings (SSSR count). The standard InChI is InChI=1S/C17H24N4O5S.ClH/c1-12(18)2-5-17(23)20-6-8-21(9-7-20)27(24,25)13-3-4-15-14(10-13)19-16(22)11-26-15;/h3-4,10,12H,2,5-9,11,18H2,1H3,(H,19,22);1H. The highest BCUT2D eigenvalue weighted by molar-refractivity contribution is 7.89. The van der Waals surface area contributed by atoms with Crippen molar-refractivity contribution < 1.29 is 22.7 Å². The van der Waals surface area contributed by atoms with Crippen LogP contribution in [0.5, 0.6) is 5.75 Å². The molecule has 1 saturated heterocycles. The lowest BCUT2D eigenvalue weighted by Gasteiger charge is -2.34. The summed E-state index contributed by atoms with van der Waals surface area (Å²) in [5.74, 6) is 0.118. The summed E-state index contributed by atoms with van der Waals surface area (Å²) in [4.78, 5) is 25.4. The van der Waals surface area contributed by atoms with Crippen molar-refractivity contribution in [3.63, 3.8) is 0 Å². The van der Waals surface area contributed by atoms with Gasteiger partial charge in [-0.05, 0) is 31.5 Å². The molecule has 28 heavy (non-hydrogen) atoms. The SMILES string of the molecule is CC(N)CCC(=O)N1CCN(S(=O)(=O)c2ccc3c(c2)NC(=O)CO3)CC1.Cl. The molecule has 2 aliphatic heterocycles. The zero-order chi connectivity index (χ0) is 19.6. The fraction of sp³-hybridized carbons (Fsp3) is 0.529. The summed E-state index contributed by atoms with van der Waals surface area (Å²) in [5, 5.41) is 2.61. The molecule has 0 spiro atoms. The Morgan fingerprint density at radius 3 is 2.61 bits per heavy atom. The van der Waals surface area contributed by atoms with Crippen LogP contribution in [-0.2, 0) is 19.6 Å². The molecule has 1 unspecified atom stereocenters. The number of nitrogens with one attached hydrogen (secondary N) is 1. The van der Waals surface area contributed by atoms with E-state index in [4.69, 9.17) is 10.5 Å². The molecular weight excluding hydrogens is 408 g/mol. The first-order chi connectivity index (χ1) is 12.8. The van der Waals surface area contributed by atoms with Gasteiger partial charge in [0, 0.05) is 38.6 Å². The van der Waals surface area contributed by atoms with E-state index < -0.39 is 10.0 Å². The van der Waals surface area contributed by atoms with E-state index in [0.717, 1.165) is 0 Å². The van der Waals surface area contributed by atoms with E-state index in [2.05, 4.69) is 5.32 Å². The average Bonchev–Trinajstić information content (AvgIpc) is 2.65. The van der Waals surface area contributed by atoms with Crippen LogP contribution in [0, 0.1) is 0 Å². The Morgan fingerprint density at radius 2 is 1.96 bits per heavy atom. The first-order valence-electron chi connectivity index (χ1n) is 8.87. The van der Waals surface area contributed by atoms with Crippen LogP contribution in [0.25, 0.3) is 0 Å². The molecule has 0 radical (unpaired) electrons. The zero-order valence-corrected chi connectivity index (χ0v) is 17.2. The number of fused-ring (bicyclic) bond motifs is 1. The molecule has 0 aliphatic carbocycles. The van der Waals surface area contributed by atoms with E-state index in [9.17, 15) is 18.0 Å². The first kappa shape index (κ1) is 22.4. The van der Waals surface area contributed by atoms with E-state index in [-0.39, 0.29) is 54.9 Å². The van der Waals surface area contributed by atoms with Gasteiger partial charge in [-0.3, -0.25) is 9.59 Å². The molecule has 2 amide bonds. The summed E-state index contributed by atoms with van der Waals surface area (Å²) in [6.07, 6.45) is 0.981. The smallest absolute Gasteiger partial charge is 0.262 e. The number of carbonyl (C=O) groups excluding carboxylic acids is 2. The summed E-state index contributed by atoms with van der Waals surface area (Å²) in [5.41, 5.74) is 6.02. The molecule has 1 fully saturated rings. The Balaban J connectivity index is 0.00000280. The van der Waals surface area contributed by atoms with Crippen LogP contribution >= 0.6 is 12.4 Å². The van der Waals surface area contributed by atoms with Crippen LogP contribution in [-0.4, -0.2) is 68.3 Å². The van der Waals surface area contributed by atoms with Crippen LogP contribution in [0.15, 0.2) is 23.1 Å². The molecule has 1 aromatic rings. The third-order valence-corrected chi connectivity index (χ3v) is 6.52. The normalized spacial score (nSPS) is 18.4. The third-order valence-electron chi connectivity index (χ3n) is 4.63. The van der Waals surface area contributed by atoms with E-state index in [1.165, 1.54) is 22.5 Å². The Bertz CT molecular complexity index is 838. The van der Waals surface area contributed by atoms with Gasteiger partial charge in [0.2, 0.25) is 15.9 Å². The molecule has 1 aromatic carbocycles. The molecule has 11 heteroatoms. The number of hydrogen-bond donors (Lipinski definition) is 2. The minimum atomic E-state index is -3.72. The van der Waals surface area contributed by atoms with Crippen LogP contribution in [0.3, 0.4) is 0 Å². The topological polar surface area (TPSA) is 122 Å². The lowest BCUT2D eigenvalue weighted by Crippen LogP contribution is -2.50. The predicted octanol–water partition coefficient (Wildman–Crippen LogP) is 0.400. The predicted molar refractivity (Wildman–Crippen MR) is 106 cm³/mol. The summed E-state index contributed by atoms with van der Waals surface area (Å²) < 4.78 is 32.4. The third kappa shape index (κ3) is 4.93. The van der Waals surface area contributed by atoms with Gasteiger partial charge in [-0.1, -0.05) is 0 Å². The fourth-order valence-electron chi connectivity index (χ4n) is 3.06. The van der Waals surface area contributed by atoms with Gasteiger partial charge < -0.3 is 20.7 Å². The largest absolute Gasteiger partial charge is 0.482 e. The second-order valence-corrected chi connectivity index (χ2v) is 8.73. The lowest BCUT2D eigenvalue weighted by atomic mass is 10.2. The minimum absolute atomic E-state index is 0. The van der Waals surface area contributed by atoms with Crippen LogP contribution in [0.2, 0.25) is 0 Å². The number of piperazine rings is 1. The summed E-state index contributed by atoms with van der Waals surface area (Å²) in [6.45, 7) is 2.92. The maximum Gasteiger partial charge on any atom is 0.262 e. The number of anilines is 1. The molecule has 2 aliphatic rings. The lowest BCUT2D eigenvalue weighted by molar-refractivity contribution is -0.132. The van der Waals surface area contributed by atoms with Crippen molar-refractivity contribution in [2.24, 2.45) is 5.73 Å². The monoisotopic (exact) mass is 432 g/mol. The number of halogens is 1. The average molecular weight is 433 g/mol. The van der Waals surface area contributed by atoms with Crippen LogP contribution in [0.4, 0.5) is 5.69 Å². The van der Waals surface area contributed by atoms with Gasteiger partial charge in [0.05, 0.1) is 10.6 Å². The maximum absolute atomic E-state index is 12.9. The van der Waals surface area contributed by atoms with Gasteiger partial charge in [0.15, 0.2) is 6.61 Å². The van der Waals surface area contributed by atoms with E-state index in [0.29, 0.717) is 37.4 Å². The summed E-state index contributed by atoms with van der Waals surface area (Å²) >= 11 is 0. The number of rotatable bonds is 5. The molecule has 156 valence electrons. The number of benzene rings is 1. The van der Waals surface area contributed by atoms with Crippen molar-refractivity contribution >= 4 is 39.9 Å². The number of ether oxygens (including phenoxy) is 1. The first-order valence-corrected chi connectivity index (χ1v) is 10.3. The van der Waals surface area contributed by atoms with Crippen molar-refractivity contribution in [3.8, 4) is 5.75 Å². The number of sulfonamides is 1. The zero-order valence-electron chi connectivity index (χ0n) is 15.6. The van der Waals surface area contributed by atoms with Gasteiger partial charge in [0.25, 0.3) is 5.91 Å². The molecule has 1 atom stereocenters. The molecule has 3 N–H and O–H groups in total. The van der Waals surface area contributed by atoms with Crippen molar-refractivity contribution in [2.45, 2.75) is 30.7 Å². The second kappa shape index (κ2) is 9.08. The number of nitrogens with zero attached hydrogens (tertiary/aromatic N) is 2. The van der Waals surface area contributed by atoms with Gasteiger partial charge >= 0.3 is 0 Å². The Hall–Kier alpha value is -1.88. The molecule has 0 bridgehead atoms. The highest BCUT2D eigenvalue weighted by Crippen LogP contribution is 2.31. The highest BCUT2D eigenvalue weighted by Gasteiger charge is 2.31. The fourth-order valence-corrected chi connectivity index (χ4v) is 4.51. The van der Waals surface area contributed by atoms with Crippen molar-refractivity contribution in [1.29, 1.82) is 0 Å². The van der Waals surface area contributed by atoms with Gasteiger partial charge in [0.1, 0.15) is 5.75 Å². The van der Waals surface area contributed by atoms with Gasteiger partial charge in [-0.15, -0.1) is 12.4 Å². The van der Waals surface area contributed by atoms with Crippen molar-refractivity contribution in [3.05, 3.63) is 18.2 Å². The molecular formula is C17H25ClN4O5S. The molecule has 0 aromatic heterocycles. The van der Waals surface area contributed by atoms with E-state index in [1.54, 1.807) is 4.90 Å². The minimum Gasteiger partial charge on any atom is -0.482 e. The molecule has 0 saturated carbocycles. The molecule has 9 nitrogen and oxygen atoms in total. The number of hydrogen-bond acceptors (Lipinski definition) is 6. The van der Waals surface area contributed by atoms with Crippen LogP contribution < -0.4 is 15.8 Å². The van der Waals surface area contributed by atoms with Crippen molar-refractivity contribution in [1.82, 2.24) is 9.21 Å². The molecule has 2 heterocycles. The Labute approximate surface area is 170 Å². The number of amides is 2. The number of nitrogens with two attached hydrogens (primary N) is 1. The highest BCUT2D eigenvalue weighted by atomic mass is 35.5. The Morgan fingerprint density at radius 1 is 1.29 bits per heavy atom. The van der Waals surface area contributed by atoms with Crippen molar-refractivity contribution in [2.75, 3.05) is 38.1 Å². The maximum atomic E-state index is 12.9. The van der Waals surface area contributed by atoms with Gasteiger partial charge in [-0.25, -0.2) is 8.42 Å². The summed E-state index contributed by atoms with van der Waals surface area (Å²) in [7, 11) is -3.72. The Kier molecular flexibility index (Phi) is 7.27. The number of carbonyl (C=O) groups is 2. The van der Waals surface area contributed by atoms with Crippen LogP contribution in [0.1, 0.15) is 19.8 Å². The second-order valence-electron chi connectivity index (χ2n) is 6.80. The summed E-state index contributed by atoms with van der Waals surface area (Å²) in [6, 6.07) is 4.37. The van der Waals surface area contributed by atoms with E-state index in [1.807, 2.05) is 6.92 Å². The van der Waals surface area contributed by atoms with Gasteiger partial charge in [-0.2, -0.15) is 4.31 Å². The van der Waals surface area contributed by atoms with E-state index >= 15 is 0 Å². The quantitative estimate of drug-likeness (QED) is 0.694.